The highest BCUT2D eigenvalue weighted by atomic mass is 16.2. The first-order valence-corrected chi connectivity index (χ1v) is 9.57. The van der Waals surface area contributed by atoms with E-state index in [1.807, 2.05) is 42.2 Å². The molecule has 1 aromatic carbocycles. The summed E-state index contributed by atoms with van der Waals surface area (Å²) in [5.74, 6) is 2.75. The first kappa shape index (κ1) is 17.0. The van der Waals surface area contributed by atoms with Crippen LogP contribution in [0.2, 0.25) is 0 Å². The number of hydrogen-bond acceptors (Lipinski definition) is 4. The van der Waals surface area contributed by atoms with Crippen LogP contribution in [0.25, 0.3) is 0 Å². The van der Waals surface area contributed by atoms with Gasteiger partial charge in [0.2, 0.25) is 0 Å². The summed E-state index contributed by atoms with van der Waals surface area (Å²) < 4.78 is 0. The lowest BCUT2D eigenvalue weighted by atomic mass is 9.98. The van der Waals surface area contributed by atoms with Gasteiger partial charge in [-0.25, -0.2) is 9.97 Å². The Labute approximate surface area is 155 Å². The average Bonchev–Trinajstić information content (AvgIpc) is 2.68. The Morgan fingerprint density at radius 1 is 1.08 bits per heavy atom. The highest BCUT2D eigenvalue weighted by molar-refractivity contribution is 5.94. The molecule has 0 saturated carbocycles. The van der Waals surface area contributed by atoms with Gasteiger partial charge in [0.25, 0.3) is 5.91 Å². The number of aryl methyl sites for hydroxylation is 1. The summed E-state index contributed by atoms with van der Waals surface area (Å²) >= 11 is 0. The van der Waals surface area contributed by atoms with E-state index < -0.39 is 0 Å². The summed E-state index contributed by atoms with van der Waals surface area (Å²) in [6.07, 6.45) is 3.20. The van der Waals surface area contributed by atoms with E-state index in [2.05, 4.69) is 16.8 Å². The summed E-state index contributed by atoms with van der Waals surface area (Å²) in [5.41, 5.74) is 3.00. The third kappa shape index (κ3) is 3.30. The molecule has 0 spiro atoms. The van der Waals surface area contributed by atoms with E-state index in [0.717, 1.165) is 53.9 Å². The molecule has 0 unspecified atom stereocenters. The van der Waals surface area contributed by atoms with Gasteiger partial charge in [0.05, 0.1) is 12.2 Å². The quantitative estimate of drug-likeness (QED) is 0.834. The molecule has 0 aliphatic carbocycles. The number of hydrogen-bond donors (Lipinski definition) is 0. The predicted molar refractivity (Wildman–Crippen MR) is 102 cm³/mol. The van der Waals surface area contributed by atoms with Crippen molar-refractivity contribution in [1.82, 2.24) is 14.9 Å². The molecule has 136 valence electrons. The third-order valence-corrected chi connectivity index (χ3v) is 5.54. The van der Waals surface area contributed by atoms with Crippen LogP contribution in [0.15, 0.2) is 30.3 Å². The maximum atomic E-state index is 12.9. The van der Waals surface area contributed by atoms with E-state index in [4.69, 9.17) is 4.98 Å². The zero-order chi connectivity index (χ0) is 18.1. The van der Waals surface area contributed by atoms with Crippen LogP contribution in [0.4, 0.5) is 5.82 Å². The molecule has 2 aromatic rings. The summed E-state index contributed by atoms with van der Waals surface area (Å²) in [5, 5.41) is 0. The van der Waals surface area contributed by atoms with Crippen molar-refractivity contribution in [3.63, 3.8) is 0 Å². The first-order valence-electron chi connectivity index (χ1n) is 9.57. The zero-order valence-electron chi connectivity index (χ0n) is 15.6. The van der Waals surface area contributed by atoms with Crippen LogP contribution in [-0.4, -0.2) is 40.4 Å². The van der Waals surface area contributed by atoms with E-state index in [0.29, 0.717) is 13.1 Å². The molecule has 4 rings (SSSR count). The molecule has 0 atom stereocenters. The number of rotatable bonds is 2. The Kier molecular flexibility index (Phi) is 4.62. The molecule has 0 N–H and O–H groups in total. The van der Waals surface area contributed by atoms with Crippen molar-refractivity contribution in [2.45, 2.75) is 39.7 Å². The van der Waals surface area contributed by atoms with Gasteiger partial charge in [-0.05, 0) is 37.8 Å². The maximum Gasteiger partial charge on any atom is 0.254 e. The Balaban J connectivity index is 1.62. The van der Waals surface area contributed by atoms with Gasteiger partial charge in [-0.2, -0.15) is 0 Å². The number of carbonyl (C=O) groups excluding carboxylic acids is 1. The lowest BCUT2D eigenvalue weighted by Crippen LogP contribution is -2.40. The van der Waals surface area contributed by atoms with Gasteiger partial charge in [0, 0.05) is 37.2 Å². The molecule has 1 fully saturated rings. The molecule has 0 radical (unpaired) electrons. The average molecular weight is 350 g/mol. The minimum absolute atomic E-state index is 0.0926. The fourth-order valence-corrected chi connectivity index (χ4v) is 3.94. The van der Waals surface area contributed by atoms with Crippen molar-refractivity contribution in [3.8, 4) is 0 Å². The Bertz CT molecular complexity index is 797. The monoisotopic (exact) mass is 350 g/mol. The second-order valence-corrected chi connectivity index (χ2v) is 7.53. The molecule has 1 amide bonds. The molecule has 1 aromatic heterocycles. The van der Waals surface area contributed by atoms with Crippen LogP contribution >= 0.6 is 0 Å². The van der Waals surface area contributed by atoms with Gasteiger partial charge in [-0.1, -0.05) is 25.1 Å². The second kappa shape index (κ2) is 7.06. The Morgan fingerprint density at radius 2 is 1.81 bits per heavy atom. The number of amides is 1. The molecule has 2 aliphatic heterocycles. The van der Waals surface area contributed by atoms with Gasteiger partial charge < -0.3 is 9.80 Å². The zero-order valence-corrected chi connectivity index (χ0v) is 15.6. The number of carbonyl (C=O) groups is 1. The van der Waals surface area contributed by atoms with Gasteiger partial charge in [0.15, 0.2) is 0 Å². The highest BCUT2D eigenvalue weighted by Crippen LogP contribution is 2.30. The molecular formula is C21H26N4O. The predicted octanol–water partition coefficient (Wildman–Crippen LogP) is 3.22. The lowest BCUT2D eigenvalue weighted by molar-refractivity contribution is 0.0733. The van der Waals surface area contributed by atoms with Gasteiger partial charge in [-0.3, -0.25) is 4.79 Å². The number of piperidine rings is 1. The van der Waals surface area contributed by atoms with E-state index >= 15 is 0 Å². The van der Waals surface area contributed by atoms with E-state index in [1.165, 1.54) is 12.8 Å². The third-order valence-electron chi connectivity index (χ3n) is 5.54. The van der Waals surface area contributed by atoms with Gasteiger partial charge in [-0.15, -0.1) is 0 Å². The number of fused-ring (bicyclic) bond motifs is 1. The molecule has 2 aliphatic rings. The highest BCUT2D eigenvalue weighted by Gasteiger charge is 2.28. The topological polar surface area (TPSA) is 49.3 Å². The molecule has 26 heavy (non-hydrogen) atoms. The normalized spacial score (nSPS) is 17.9. The molecule has 0 bridgehead atoms. The minimum atomic E-state index is 0.0926. The summed E-state index contributed by atoms with van der Waals surface area (Å²) in [6.45, 7) is 7.68. The molecule has 3 heterocycles. The molecule has 1 saturated heterocycles. The molecular weight excluding hydrogens is 324 g/mol. The molecule has 5 heteroatoms. The van der Waals surface area contributed by atoms with Gasteiger partial charge >= 0.3 is 0 Å². The first-order chi connectivity index (χ1) is 12.6. The number of anilines is 1. The fourth-order valence-electron chi connectivity index (χ4n) is 3.94. The lowest BCUT2D eigenvalue weighted by Gasteiger charge is -2.36. The van der Waals surface area contributed by atoms with Crippen molar-refractivity contribution in [2.24, 2.45) is 5.92 Å². The van der Waals surface area contributed by atoms with E-state index in [9.17, 15) is 4.79 Å². The second-order valence-electron chi connectivity index (χ2n) is 7.53. The fraction of sp³-hybridized carbons (Fsp3) is 0.476. The standard InChI is InChI=1S/C21H26N4O/c1-15-8-11-24(12-9-15)20-18-14-25(13-10-19(18)22-16(2)23-20)21(26)17-6-4-3-5-7-17/h3-7,15H,8-14H2,1-2H3. The van der Waals surface area contributed by atoms with Crippen molar-refractivity contribution < 1.29 is 4.79 Å². The SMILES string of the molecule is Cc1nc2c(c(N3CCC(C)CC3)n1)CN(C(=O)c1ccccc1)CC2. The number of aromatic nitrogens is 2. The molecule has 5 nitrogen and oxygen atoms in total. The van der Waals surface area contributed by atoms with Crippen LogP contribution < -0.4 is 4.90 Å². The van der Waals surface area contributed by atoms with E-state index in [-0.39, 0.29) is 5.91 Å². The largest absolute Gasteiger partial charge is 0.356 e. The van der Waals surface area contributed by atoms with E-state index in [1.54, 1.807) is 0 Å². The number of benzene rings is 1. The number of nitrogens with zero attached hydrogens (tertiary/aromatic N) is 4. The van der Waals surface area contributed by atoms with Crippen LogP contribution in [0.3, 0.4) is 0 Å². The van der Waals surface area contributed by atoms with Crippen molar-refractivity contribution in [2.75, 3.05) is 24.5 Å². The summed E-state index contributed by atoms with van der Waals surface area (Å²) in [6, 6.07) is 9.54. The maximum absolute atomic E-state index is 12.9. The van der Waals surface area contributed by atoms with Gasteiger partial charge in [0.1, 0.15) is 11.6 Å². The van der Waals surface area contributed by atoms with Crippen LogP contribution in [0.1, 0.15) is 47.2 Å². The van der Waals surface area contributed by atoms with Crippen molar-refractivity contribution in [3.05, 3.63) is 53.0 Å². The van der Waals surface area contributed by atoms with Crippen LogP contribution in [-0.2, 0) is 13.0 Å². The van der Waals surface area contributed by atoms with Crippen molar-refractivity contribution in [1.29, 1.82) is 0 Å². The van der Waals surface area contributed by atoms with Crippen LogP contribution in [0.5, 0.6) is 0 Å². The Morgan fingerprint density at radius 3 is 2.54 bits per heavy atom. The van der Waals surface area contributed by atoms with Crippen molar-refractivity contribution >= 4 is 11.7 Å². The summed E-state index contributed by atoms with van der Waals surface area (Å²) in [7, 11) is 0. The summed E-state index contributed by atoms with van der Waals surface area (Å²) in [4.78, 5) is 26.7. The Hall–Kier alpha value is -2.43. The minimum Gasteiger partial charge on any atom is -0.356 e. The van der Waals surface area contributed by atoms with Crippen LogP contribution in [0, 0.1) is 12.8 Å². The smallest absolute Gasteiger partial charge is 0.254 e.